The lowest BCUT2D eigenvalue weighted by atomic mass is 9.92. The van der Waals surface area contributed by atoms with E-state index in [-0.39, 0.29) is 17.9 Å². The van der Waals surface area contributed by atoms with Gasteiger partial charge in [0.05, 0.1) is 18.5 Å². The summed E-state index contributed by atoms with van der Waals surface area (Å²) in [6.07, 6.45) is 5.75. The summed E-state index contributed by atoms with van der Waals surface area (Å²) in [6, 6.07) is 11.9. The number of rotatable bonds is 5. The van der Waals surface area contributed by atoms with Gasteiger partial charge in [0.2, 0.25) is 5.91 Å². The second-order valence-corrected chi connectivity index (χ2v) is 8.48. The molecule has 1 fully saturated rings. The third kappa shape index (κ3) is 3.70. The van der Waals surface area contributed by atoms with Crippen LogP contribution in [0.2, 0.25) is 0 Å². The van der Waals surface area contributed by atoms with Gasteiger partial charge >= 0.3 is 0 Å². The minimum Gasteiger partial charge on any atom is -0.497 e. The molecule has 31 heavy (non-hydrogen) atoms. The van der Waals surface area contributed by atoms with E-state index in [0.29, 0.717) is 5.75 Å². The lowest BCUT2D eigenvalue weighted by molar-refractivity contribution is -0.120. The molecule has 0 unspecified atom stereocenters. The molecule has 1 atom stereocenters. The van der Waals surface area contributed by atoms with Gasteiger partial charge < -0.3 is 19.8 Å². The first-order valence-electron chi connectivity index (χ1n) is 10.8. The third-order valence-corrected chi connectivity index (χ3v) is 6.15. The molecule has 7 nitrogen and oxygen atoms in total. The quantitative estimate of drug-likeness (QED) is 0.767. The van der Waals surface area contributed by atoms with Crippen LogP contribution in [0.1, 0.15) is 37.3 Å². The van der Waals surface area contributed by atoms with Crippen molar-refractivity contribution in [1.29, 1.82) is 0 Å². The Morgan fingerprint density at radius 2 is 1.94 bits per heavy atom. The van der Waals surface area contributed by atoms with Crippen LogP contribution in [0, 0.1) is 5.92 Å². The Bertz CT molecular complexity index is 1050. The third-order valence-electron chi connectivity index (χ3n) is 6.15. The second-order valence-electron chi connectivity index (χ2n) is 8.48. The molecule has 0 saturated heterocycles. The lowest BCUT2D eigenvalue weighted by Crippen LogP contribution is -2.43. The summed E-state index contributed by atoms with van der Waals surface area (Å²) >= 11 is 0. The molecule has 162 valence electrons. The molecule has 7 heteroatoms. The first kappa shape index (κ1) is 19.8. The van der Waals surface area contributed by atoms with Crippen molar-refractivity contribution < 1.29 is 14.3 Å². The number of hydrogen-bond acceptors (Lipinski definition) is 6. The number of carbonyl (C=O) groups is 1. The SMILES string of the molecule is COc1cccc(Oc2c(C3=CN(C)NN3)ccc3c2CC[C@H](C)N3C(=O)C2CC2)c1. The van der Waals surface area contributed by atoms with E-state index in [1.54, 1.807) is 7.11 Å². The Kier molecular flexibility index (Phi) is 4.98. The van der Waals surface area contributed by atoms with Gasteiger partial charge in [0.25, 0.3) is 0 Å². The number of hydrazine groups is 2. The standard InChI is InChI=1S/C24H28N4O3/c1-15-7-10-20-22(28(15)24(29)16-8-9-16)12-11-19(21-14-27(2)26-25-21)23(20)31-18-6-4-5-17(13-18)30-3/h4-6,11-16,25-26H,7-10H2,1-3H3/t15-/m0/s1. The Hall–Kier alpha value is -3.19. The summed E-state index contributed by atoms with van der Waals surface area (Å²) in [5.41, 5.74) is 10.2. The highest BCUT2D eigenvalue weighted by Crippen LogP contribution is 2.45. The molecule has 2 N–H and O–H groups in total. The fourth-order valence-electron chi connectivity index (χ4n) is 4.32. The average molecular weight is 421 g/mol. The van der Waals surface area contributed by atoms with Gasteiger partial charge in [-0.3, -0.25) is 9.80 Å². The maximum absolute atomic E-state index is 13.1. The van der Waals surface area contributed by atoms with E-state index < -0.39 is 0 Å². The minimum atomic E-state index is 0.174. The highest BCUT2D eigenvalue weighted by atomic mass is 16.5. The normalized spacial score (nSPS) is 20.1. The van der Waals surface area contributed by atoms with Gasteiger partial charge in [0.15, 0.2) is 0 Å². The molecule has 1 saturated carbocycles. The number of anilines is 1. The van der Waals surface area contributed by atoms with Crippen molar-refractivity contribution >= 4 is 17.3 Å². The first-order chi connectivity index (χ1) is 15.0. The van der Waals surface area contributed by atoms with Gasteiger partial charge in [-0.2, -0.15) is 0 Å². The molecule has 2 aliphatic heterocycles. The molecule has 2 aromatic carbocycles. The number of methoxy groups -OCH3 is 1. The van der Waals surface area contributed by atoms with Crippen molar-refractivity contribution in [3.63, 3.8) is 0 Å². The number of amides is 1. The van der Waals surface area contributed by atoms with Crippen LogP contribution in [0.4, 0.5) is 5.69 Å². The van der Waals surface area contributed by atoms with Crippen molar-refractivity contribution in [2.45, 2.75) is 38.6 Å². The molecular weight excluding hydrogens is 392 g/mol. The van der Waals surface area contributed by atoms with E-state index in [1.165, 1.54) is 0 Å². The van der Waals surface area contributed by atoms with E-state index in [0.717, 1.165) is 59.7 Å². The van der Waals surface area contributed by atoms with E-state index in [9.17, 15) is 4.79 Å². The van der Waals surface area contributed by atoms with Gasteiger partial charge in [-0.05, 0) is 56.9 Å². The molecule has 0 bridgehead atoms. The highest BCUT2D eigenvalue weighted by Gasteiger charge is 2.39. The predicted octanol–water partition coefficient (Wildman–Crippen LogP) is 3.82. The van der Waals surface area contributed by atoms with Crippen LogP contribution in [-0.2, 0) is 11.2 Å². The van der Waals surface area contributed by atoms with Crippen molar-refractivity contribution in [2.24, 2.45) is 5.92 Å². The van der Waals surface area contributed by atoms with Crippen LogP contribution >= 0.6 is 0 Å². The largest absolute Gasteiger partial charge is 0.497 e. The van der Waals surface area contributed by atoms with Crippen LogP contribution in [0.5, 0.6) is 17.2 Å². The molecule has 0 radical (unpaired) electrons. The number of ether oxygens (including phenoxy) is 2. The van der Waals surface area contributed by atoms with Gasteiger partial charge in [-0.1, -0.05) is 6.07 Å². The van der Waals surface area contributed by atoms with Crippen LogP contribution < -0.4 is 25.3 Å². The fourth-order valence-corrected chi connectivity index (χ4v) is 4.32. The molecule has 3 aliphatic rings. The molecule has 0 aromatic heterocycles. The summed E-state index contributed by atoms with van der Waals surface area (Å²) in [7, 11) is 3.57. The van der Waals surface area contributed by atoms with Gasteiger partial charge in [-0.25, -0.2) is 0 Å². The zero-order valence-corrected chi connectivity index (χ0v) is 18.1. The maximum Gasteiger partial charge on any atom is 0.230 e. The average Bonchev–Trinajstić information content (AvgIpc) is 3.54. The zero-order chi connectivity index (χ0) is 21.5. The number of nitrogens with zero attached hydrogens (tertiary/aromatic N) is 2. The van der Waals surface area contributed by atoms with Crippen molar-refractivity contribution in [3.8, 4) is 17.2 Å². The summed E-state index contributed by atoms with van der Waals surface area (Å²) in [4.78, 5) is 15.1. The van der Waals surface area contributed by atoms with Crippen LogP contribution in [0.15, 0.2) is 42.6 Å². The molecular formula is C24H28N4O3. The summed E-state index contributed by atoms with van der Waals surface area (Å²) in [6.45, 7) is 2.14. The maximum atomic E-state index is 13.1. The van der Waals surface area contributed by atoms with Crippen LogP contribution in [-0.4, -0.2) is 31.1 Å². The number of nitrogens with one attached hydrogen (secondary N) is 2. The van der Waals surface area contributed by atoms with Crippen molar-refractivity contribution in [1.82, 2.24) is 16.0 Å². The number of hydrogen-bond donors (Lipinski definition) is 2. The molecule has 2 heterocycles. The number of benzene rings is 2. The Balaban J connectivity index is 1.62. The Morgan fingerprint density at radius 3 is 2.65 bits per heavy atom. The first-order valence-corrected chi connectivity index (χ1v) is 10.8. The van der Waals surface area contributed by atoms with Crippen LogP contribution in [0.3, 0.4) is 0 Å². The summed E-state index contributed by atoms with van der Waals surface area (Å²) < 4.78 is 11.9. The number of carbonyl (C=O) groups excluding carboxylic acids is 1. The van der Waals surface area contributed by atoms with Crippen LogP contribution in [0.25, 0.3) is 5.70 Å². The topological polar surface area (TPSA) is 66.1 Å². The van der Waals surface area contributed by atoms with Gasteiger partial charge in [-0.15, -0.1) is 5.53 Å². The van der Waals surface area contributed by atoms with E-state index in [2.05, 4.69) is 24.0 Å². The van der Waals surface area contributed by atoms with Crippen molar-refractivity contribution in [3.05, 3.63) is 53.7 Å². The zero-order valence-electron chi connectivity index (χ0n) is 18.1. The lowest BCUT2D eigenvalue weighted by Gasteiger charge is -2.36. The van der Waals surface area contributed by atoms with Gasteiger partial charge in [0, 0.05) is 42.4 Å². The van der Waals surface area contributed by atoms with Gasteiger partial charge in [0.1, 0.15) is 17.2 Å². The molecule has 1 aliphatic carbocycles. The summed E-state index contributed by atoms with van der Waals surface area (Å²) in [5.74, 6) is 2.64. The monoisotopic (exact) mass is 420 g/mol. The van der Waals surface area contributed by atoms with Crippen molar-refractivity contribution in [2.75, 3.05) is 19.1 Å². The highest BCUT2D eigenvalue weighted by molar-refractivity contribution is 5.99. The predicted molar refractivity (Wildman–Crippen MR) is 120 cm³/mol. The smallest absolute Gasteiger partial charge is 0.230 e. The fraction of sp³-hybridized carbons (Fsp3) is 0.375. The Morgan fingerprint density at radius 1 is 1.13 bits per heavy atom. The Labute approximate surface area is 182 Å². The molecule has 1 amide bonds. The second kappa shape index (κ2) is 7.81. The molecule has 5 rings (SSSR count). The minimum absolute atomic E-state index is 0.174. The summed E-state index contributed by atoms with van der Waals surface area (Å²) in [5, 5.41) is 1.86. The molecule has 2 aromatic rings. The molecule has 0 spiro atoms. The van der Waals surface area contributed by atoms with E-state index in [4.69, 9.17) is 9.47 Å². The number of fused-ring (bicyclic) bond motifs is 1. The van der Waals surface area contributed by atoms with E-state index in [1.807, 2.05) is 53.5 Å². The van der Waals surface area contributed by atoms with E-state index >= 15 is 0 Å².